The fourth-order valence-corrected chi connectivity index (χ4v) is 3.42. The second-order valence-corrected chi connectivity index (χ2v) is 6.45. The fourth-order valence-electron chi connectivity index (χ4n) is 3.42. The van der Waals surface area contributed by atoms with Gasteiger partial charge in [-0.1, -0.05) is 25.3 Å². The van der Waals surface area contributed by atoms with Crippen LogP contribution in [0.1, 0.15) is 44.6 Å². The highest BCUT2D eigenvalue weighted by molar-refractivity contribution is 5.85. The van der Waals surface area contributed by atoms with Crippen LogP contribution in [-0.2, 0) is 11.3 Å². The average Bonchev–Trinajstić information content (AvgIpc) is 2.83. The van der Waals surface area contributed by atoms with Gasteiger partial charge in [0.1, 0.15) is 0 Å². The molecule has 1 aromatic rings. The molecule has 2 N–H and O–H groups in total. The zero-order valence-corrected chi connectivity index (χ0v) is 16.3. The molecule has 0 aromatic heterocycles. The predicted molar refractivity (Wildman–Crippen MR) is 102 cm³/mol. The van der Waals surface area contributed by atoms with Crippen LogP contribution in [0, 0.1) is 5.92 Å². The van der Waals surface area contributed by atoms with Crippen LogP contribution in [0.5, 0.6) is 11.5 Å². The highest BCUT2D eigenvalue weighted by atomic mass is 35.5. The molecule has 0 heterocycles. The monoisotopic (exact) mass is 370 g/mol. The van der Waals surface area contributed by atoms with Crippen LogP contribution in [0.3, 0.4) is 0 Å². The molecule has 25 heavy (non-hydrogen) atoms. The molecule has 1 fully saturated rings. The van der Waals surface area contributed by atoms with Gasteiger partial charge in [0.25, 0.3) is 0 Å². The van der Waals surface area contributed by atoms with Gasteiger partial charge in [-0.3, -0.25) is 4.79 Å². The van der Waals surface area contributed by atoms with Gasteiger partial charge < -0.3 is 20.1 Å². The van der Waals surface area contributed by atoms with E-state index in [-0.39, 0.29) is 30.3 Å². The van der Waals surface area contributed by atoms with E-state index in [2.05, 4.69) is 0 Å². The number of nitrogens with two attached hydrogens (primary N) is 1. The maximum absolute atomic E-state index is 13.0. The number of methoxy groups -OCH3 is 2. The summed E-state index contributed by atoms with van der Waals surface area (Å²) >= 11 is 0. The Morgan fingerprint density at radius 2 is 1.84 bits per heavy atom. The molecule has 0 spiro atoms. The lowest BCUT2D eigenvalue weighted by Crippen LogP contribution is -2.43. The fraction of sp³-hybridized carbons (Fsp3) is 0.632. The summed E-state index contributed by atoms with van der Waals surface area (Å²) in [5.41, 5.74) is 7.30. The van der Waals surface area contributed by atoms with E-state index in [1.165, 1.54) is 6.42 Å². The summed E-state index contributed by atoms with van der Waals surface area (Å²) in [6.45, 7) is 3.26. The van der Waals surface area contributed by atoms with Gasteiger partial charge in [-0.15, -0.1) is 12.4 Å². The summed E-state index contributed by atoms with van der Waals surface area (Å²) in [7, 11) is 3.24. The Balaban J connectivity index is 0.00000312. The molecule has 6 heteroatoms. The molecule has 0 radical (unpaired) electrons. The molecule has 1 saturated carbocycles. The van der Waals surface area contributed by atoms with Crippen molar-refractivity contribution in [1.82, 2.24) is 4.90 Å². The smallest absolute Gasteiger partial charge is 0.227 e. The van der Waals surface area contributed by atoms with E-state index in [9.17, 15) is 4.79 Å². The molecule has 1 aliphatic rings. The second-order valence-electron chi connectivity index (χ2n) is 6.45. The van der Waals surface area contributed by atoms with Crippen molar-refractivity contribution in [3.8, 4) is 11.5 Å². The van der Waals surface area contributed by atoms with Crippen molar-refractivity contribution in [2.24, 2.45) is 11.7 Å². The molecule has 2 rings (SSSR count). The number of amides is 1. The Labute approximate surface area is 157 Å². The topological polar surface area (TPSA) is 64.8 Å². The quantitative estimate of drug-likeness (QED) is 0.779. The van der Waals surface area contributed by atoms with Crippen LogP contribution in [0.4, 0.5) is 0 Å². The third kappa shape index (κ3) is 5.51. The van der Waals surface area contributed by atoms with E-state index in [1.54, 1.807) is 14.2 Å². The molecule has 1 amide bonds. The van der Waals surface area contributed by atoms with Gasteiger partial charge in [0, 0.05) is 19.1 Å². The van der Waals surface area contributed by atoms with Gasteiger partial charge in [-0.05, 0) is 37.5 Å². The number of nitrogens with zero attached hydrogens (tertiary/aromatic N) is 1. The van der Waals surface area contributed by atoms with E-state index < -0.39 is 0 Å². The third-order valence-electron chi connectivity index (χ3n) is 4.90. The molecular formula is C19H31ClN2O3. The van der Waals surface area contributed by atoms with Crippen molar-refractivity contribution in [1.29, 1.82) is 0 Å². The van der Waals surface area contributed by atoms with Gasteiger partial charge >= 0.3 is 0 Å². The van der Waals surface area contributed by atoms with Gasteiger partial charge in [0.2, 0.25) is 5.91 Å². The molecule has 142 valence electrons. The summed E-state index contributed by atoms with van der Waals surface area (Å²) in [5, 5.41) is 0. The molecule has 1 aliphatic carbocycles. The number of ether oxygens (including phenoxy) is 2. The number of hydrogen-bond acceptors (Lipinski definition) is 4. The highest BCUT2D eigenvalue weighted by Gasteiger charge is 2.30. The van der Waals surface area contributed by atoms with Crippen molar-refractivity contribution >= 4 is 18.3 Å². The Morgan fingerprint density at radius 1 is 1.16 bits per heavy atom. The van der Waals surface area contributed by atoms with Crippen molar-refractivity contribution in [3.05, 3.63) is 23.8 Å². The minimum absolute atomic E-state index is 0. The molecule has 1 aromatic carbocycles. The summed E-state index contributed by atoms with van der Waals surface area (Å²) in [6, 6.07) is 5.77. The molecular weight excluding hydrogens is 340 g/mol. The zero-order chi connectivity index (χ0) is 17.5. The molecule has 2 unspecified atom stereocenters. The lowest BCUT2D eigenvalue weighted by atomic mass is 9.93. The Morgan fingerprint density at radius 3 is 2.48 bits per heavy atom. The number of carbonyl (C=O) groups excluding carboxylic acids is 1. The normalized spacial score (nSPS) is 20.2. The van der Waals surface area contributed by atoms with Crippen LogP contribution in [-0.4, -0.2) is 37.6 Å². The van der Waals surface area contributed by atoms with Crippen molar-refractivity contribution < 1.29 is 14.3 Å². The average molecular weight is 371 g/mol. The lowest BCUT2D eigenvalue weighted by Gasteiger charge is -2.29. The van der Waals surface area contributed by atoms with Crippen molar-refractivity contribution in [2.45, 2.75) is 51.6 Å². The number of carbonyl (C=O) groups is 1. The van der Waals surface area contributed by atoms with Gasteiger partial charge in [0.05, 0.1) is 20.1 Å². The summed E-state index contributed by atoms with van der Waals surface area (Å²) in [6.07, 6.45) is 5.26. The minimum atomic E-state index is -0.0485. The van der Waals surface area contributed by atoms with E-state index in [1.807, 2.05) is 30.0 Å². The van der Waals surface area contributed by atoms with Gasteiger partial charge in [-0.2, -0.15) is 0 Å². The van der Waals surface area contributed by atoms with Crippen molar-refractivity contribution in [3.63, 3.8) is 0 Å². The Kier molecular flexibility index (Phi) is 9.08. The van der Waals surface area contributed by atoms with E-state index in [4.69, 9.17) is 15.2 Å². The molecule has 0 saturated heterocycles. The van der Waals surface area contributed by atoms with Crippen LogP contribution < -0.4 is 15.2 Å². The van der Waals surface area contributed by atoms with Gasteiger partial charge in [0.15, 0.2) is 11.5 Å². The van der Waals surface area contributed by atoms with Crippen LogP contribution in [0.2, 0.25) is 0 Å². The maximum Gasteiger partial charge on any atom is 0.227 e. The number of benzene rings is 1. The van der Waals surface area contributed by atoms with Crippen molar-refractivity contribution in [2.75, 3.05) is 20.8 Å². The molecule has 0 bridgehead atoms. The predicted octanol–water partition coefficient (Wildman–Crippen LogP) is 3.38. The first-order valence-corrected chi connectivity index (χ1v) is 8.86. The summed E-state index contributed by atoms with van der Waals surface area (Å²) in [4.78, 5) is 14.9. The van der Waals surface area contributed by atoms with Gasteiger partial charge in [-0.25, -0.2) is 0 Å². The Bertz CT molecular complexity index is 553. The number of rotatable bonds is 6. The minimum Gasteiger partial charge on any atom is -0.493 e. The summed E-state index contributed by atoms with van der Waals surface area (Å²) < 4.78 is 10.6. The van der Waals surface area contributed by atoms with Crippen LogP contribution >= 0.6 is 12.4 Å². The summed E-state index contributed by atoms with van der Waals surface area (Å²) in [5.74, 6) is 1.51. The standard InChI is InChI=1S/C19H30N2O3.ClH/c1-4-21(19(22)15-8-6-5-7-9-16(15)20)13-14-10-11-17(23-2)18(12-14)24-3;/h10-12,15-16H,4-9,13,20H2,1-3H3;1H. The highest BCUT2D eigenvalue weighted by Crippen LogP contribution is 2.29. The maximum atomic E-state index is 13.0. The first-order chi connectivity index (χ1) is 11.6. The SMILES string of the molecule is CCN(Cc1ccc(OC)c(OC)c1)C(=O)C1CCCCCC1N.Cl. The zero-order valence-electron chi connectivity index (χ0n) is 15.5. The molecule has 0 aliphatic heterocycles. The lowest BCUT2D eigenvalue weighted by molar-refractivity contribution is -0.136. The first kappa shape index (κ1) is 21.6. The Hall–Kier alpha value is -1.46. The van der Waals surface area contributed by atoms with E-state index >= 15 is 0 Å². The van der Waals surface area contributed by atoms with E-state index in [0.29, 0.717) is 24.6 Å². The molecule has 5 nitrogen and oxygen atoms in total. The van der Waals surface area contributed by atoms with Crippen LogP contribution in [0.15, 0.2) is 18.2 Å². The number of halogens is 1. The second kappa shape index (κ2) is 10.5. The third-order valence-corrected chi connectivity index (χ3v) is 4.90. The largest absolute Gasteiger partial charge is 0.493 e. The number of hydrogen-bond donors (Lipinski definition) is 1. The first-order valence-electron chi connectivity index (χ1n) is 8.86. The van der Waals surface area contributed by atoms with Crippen LogP contribution in [0.25, 0.3) is 0 Å². The van der Waals surface area contributed by atoms with E-state index in [0.717, 1.165) is 31.2 Å². The molecule has 2 atom stereocenters.